The van der Waals surface area contributed by atoms with Crippen molar-refractivity contribution < 1.29 is 19.4 Å². The minimum absolute atomic E-state index is 0.162. The van der Waals surface area contributed by atoms with E-state index in [9.17, 15) is 4.79 Å². The second kappa shape index (κ2) is 5.87. The molecule has 4 heteroatoms. The molecule has 0 aliphatic carbocycles. The van der Waals surface area contributed by atoms with Crippen LogP contribution in [0.5, 0.6) is 11.5 Å². The highest BCUT2D eigenvalue weighted by molar-refractivity contribution is 5.88. The highest BCUT2D eigenvalue weighted by Crippen LogP contribution is 2.34. The maximum absolute atomic E-state index is 11.1. The lowest BCUT2D eigenvalue weighted by molar-refractivity contribution is 0.0693. The highest BCUT2D eigenvalue weighted by Gasteiger charge is 2.24. The van der Waals surface area contributed by atoms with Gasteiger partial charge in [0, 0.05) is 0 Å². The molecule has 0 saturated heterocycles. The van der Waals surface area contributed by atoms with Gasteiger partial charge in [-0.15, -0.1) is 0 Å². The first-order valence-electron chi connectivity index (χ1n) is 6.60. The van der Waals surface area contributed by atoms with Crippen molar-refractivity contribution in [3.8, 4) is 11.5 Å². The summed E-state index contributed by atoms with van der Waals surface area (Å²) in [6.07, 6.45) is 0. The Morgan fingerprint density at radius 2 is 1.71 bits per heavy atom. The Morgan fingerprint density at radius 1 is 1.05 bits per heavy atom. The zero-order chi connectivity index (χ0) is 15.5. The quantitative estimate of drug-likeness (QED) is 0.910. The monoisotopic (exact) mass is 286 g/mol. The molecular weight excluding hydrogens is 268 g/mol. The van der Waals surface area contributed by atoms with Crippen LogP contribution < -0.4 is 9.47 Å². The van der Waals surface area contributed by atoms with Gasteiger partial charge < -0.3 is 14.6 Å². The van der Waals surface area contributed by atoms with E-state index in [0.29, 0.717) is 11.5 Å². The Bertz CT molecular complexity index is 632. The predicted octanol–water partition coefficient (Wildman–Crippen LogP) is 3.71. The van der Waals surface area contributed by atoms with Crippen molar-refractivity contribution in [3.63, 3.8) is 0 Å². The SMILES string of the molecule is COc1ccc(C(=O)O)cc1OC(C)(C)c1ccccc1. The van der Waals surface area contributed by atoms with Gasteiger partial charge in [0.25, 0.3) is 0 Å². The summed E-state index contributed by atoms with van der Waals surface area (Å²) >= 11 is 0. The van der Waals surface area contributed by atoms with Crippen LogP contribution in [-0.2, 0) is 5.60 Å². The summed E-state index contributed by atoms with van der Waals surface area (Å²) < 4.78 is 11.3. The first-order chi connectivity index (χ1) is 9.94. The first-order valence-corrected chi connectivity index (χ1v) is 6.60. The van der Waals surface area contributed by atoms with Crippen LogP contribution in [0.1, 0.15) is 29.8 Å². The van der Waals surface area contributed by atoms with Crippen molar-refractivity contribution >= 4 is 5.97 Å². The maximum atomic E-state index is 11.1. The second-order valence-electron chi connectivity index (χ2n) is 5.15. The normalized spacial score (nSPS) is 11.0. The van der Waals surface area contributed by atoms with Gasteiger partial charge in [-0.3, -0.25) is 0 Å². The van der Waals surface area contributed by atoms with Gasteiger partial charge in [0.15, 0.2) is 11.5 Å². The zero-order valence-corrected chi connectivity index (χ0v) is 12.3. The van der Waals surface area contributed by atoms with Crippen LogP contribution in [0.15, 0.2) is 48.5 Å². The minimum Gasteiger partial charge on any atom is -0.493 e. The lowest BCUT2D eigenvalue weighted by atomic mass is 9.98. The molecule has 21 heavy (non-hydrogen) atoms. The topological polar surface area (TPSA) is 55.8 Å². The summed E-state index contributed by atoms with van der Waals surface area (Å²) in [6, 6.07) is 14.3. The second-order valence-corrected chi connectivity index (χ2v) is 5.15. The Morgan fingerprint density at radius 3 is 2.29 bits per heavy atom. The Labute approximate surface area is 123 Å². The van der Waals surface area contributed by atoms with Gasteiger partial charge in [0.2, 0.25) is 0 Å². The number of hydrogen-bond acceptors (Lipinski definition) is 3. The standard InChI is InChI=1S/C17H18O4/c1-17(2,13-7-5-4-6-8-13)21-15-11-12(16(18)19)9-10-14(15)20-3/h4-11H,1-3H3,(H,18,19). The van der Waals surface area contributed by atoms with E-state index >= 15 is 0 Å². The molecule has 4 nitrogen and oxygen atoms in total. The van der Waals surface area contributed by atoms with Crippen LogP contribution in [0.25, 0.3) is 0 Å². The molecule has 1 N–H and O–H groups in total. The fraction of sp³-hybridized carbons (Fsp3) is 0.235. The van der Waals surface area contributed by atoms with E-state index in [2.05, 4.69) is 0 Å². The Balaban J connectivity index is 2.37. The molecule has 0 amide bonds. The maximum Gasteiger partial charge on any atom is 0.335 e. The third-order valence-corrected chi connectivity index (χ3v) is 3.24. The molecule has 2 rings (SSSR count). The lowest BCUT2D eigenvalue weighted by Gasteiger charge is -2.28. The summed E-state index contributed by atoms with van der Waals surface area (Å²) in [5.74, 6) is -0.0877. The molecule has 0 aliphatic rings. The molecule has 0 aromatic heterocycles. The van der Waals surface area contributed by atoms with Crippen molar-refractivity contribution in [1.82, 2.24) is 0 Å². The highest BCUT2D eigenvalue weighted by atomic mass is 16.5. The number of carboxylic acids is 1. The molecule has 110 valence electrons. The van der Waals surface area contributed by atoms with Gasteiger partial charge in [-0.2, -0.15) is 0 Å². The van der Waals surface area contributed by atoms with Crippen molar-refractivity contribution in [2.24, 2.45) is 0 Å². The summed E-state index contributed by atoms with van der Waals surface area (Å²) in [6.45, 7) is 3.85. The molecule has 0 saturated carbocycles. The number of methoxy groups -OCH3 is 1. The van der Waals surface area contributed by atoms with Crippen LogP contribution in [0.3, 0.4) is 0 Å². The molecule has 2 aromatic carbocycles. The summed E-state index contributed by atoms with van der Waals surface area (Å²) in [4.78, 5) is 11.1. The van der Waals surface area contributed by atoms with E-state index in [0.717, 1.165) is 5.56 Å². The number of aromatic carboxylic acids is 1. The van der Waals surface area contributed by atoms with Gasteiger partial charge in [0.1, 0.15) is 5.60 Å². The third-order valence-electron chi connectivity index (χ3n) is 3.24. The summed E-state index contributed by atoms with van der Waals surface area (Å²) in [7, 11) is 1.53. The Kier molecular flexibility index (Phi) is 4.17. The van der Waals surface area contributed by atoms with E-state index in [1.807, 2.05) is 44.2 Å². The molecule has 0 radical (unpaired) electrons. The van der Waals surface area contributed by atoms with Crippen molar-refractivity contribution in [1.29, 1.82) is 0 Å². The molecule has 0 spiro atoms. The summed E-state index contributed by atoms with van der Waals surface area (Å²) in [5, 5.41) is 9.09. The average molecular weight is 286 g/mol. The molecule has 0 atom stereocenters. The van der Waals surface area contributed by atoms with E-state index in [1.165, 1.54) is 19.2 Å². The van der Waals surface area contributed by atoms with E-state index in [1.54, 1.807) is 6.07 Å². The van der Waals surface area contributed by atoms with Crippen LogP contribution in [0.4, 0.5) is 0 Å². The van der Waals surface area contributed by atoms with E-state index in [-0.39, 0.29) is 5.56 Å². The number of carboxylic acid groups (broad SMARTS) is 1. The number of hydrogen-bond donors (Lipinski definition) is 1. The molecule has 0 fully saturated rings. The van der Waals surface area contributed by atoms with Crippen LogP contribution in [-0.4, -0.2) is 18.2 Å². The van der Waals surface area contributed by atoms with Crippen molar-refractivity contribution in [2.45, 2.75) is 19.4 Å². The fourth-order valence-corrected chi connectivity index (χ4v) is 2.06. The van der Waals surface area contributed by atoms with Gasteiger partial charge >= 0.3 is 5.97 Å². The zero-order valence-electron chi connectivity index (χ0n) is 12.3. The van der Waals surface area contributed by atoms with E-state index < -0.39 is 11.6 Å². The molecular formula is C17H18O4. The van der Waals surface area contributed by atoms with Crippen LogP contribution in [0, 0.1) is 0 Å². The molecule has 0 heterocycles. The number of benzene rings is 2. The van der Waals surface area contributed by atoms with Crippen molar-refractivity contribution in [2.75, 3.05) is 7.11 Å². The predicted molar refractivity (Wildman–Crippen MR) is 80.0 cm³/mol. The van der Waals surface area contributed by atoms with Gasteiger partial charge in [0.05, 0.1) is 12.7 Å². The number of rotatable bonds is 5. The molecule has 0 unspecified atom stereocenters. The summed E-state index contributed by atoms with van der Waals surface area (Å²) in [5.41, 5.74) is 0.550. The molecule has 2 aromatic rings. The lowest BCUT2D eigenvalue weighted by Crippen LogP contribution is -2.25. The average Bonchev–Trinajstić information content (AvgIpc) is 2.47. The molecule has 0 bridgehead atoms. The van der Waals surface area contributed by atoms with Gasteiger partial charge in [-0.25, -0.2) is 4.79 Å². The van der Waals surface area contributed by atoms with Crippen LogP contribution in [0.2, 0.25) is 0 Å². The number of ether oxygens (including phenoxy) is 2. The third kappa shape index (κ3) is 3.34. The van der Waals surface area contributed by atoms with Gasteiger partial charge in [-0.05, 0) is 37.6 Å². The largest absolute Gasteiger partial charge is 0.493 e. The first kappa shape index (κ1) is 14.9. The Hall–Kier alpha value is -2.49. The number of carbonyl (C=O) groups is 1. The van der Waals surface area contributed by atoms with Crippen molar-refractivity contribution in [3.05, 3.63) is 59.7 Å². The minimum atomic E-state index is -1.000. The smallest absolute Gasteiger partial charge is 0.335 e. The fourth-order valence-electron chi connectivity index (χ4n) is 2.06. The molecule has 0 aliphatic heterocycles. The van der Waals surface area contributed by atoms with Gasteiger partial charge in [-0.1, -0.05) is 30.3 Å². The van der Waals surface area contributed by atoms with E-state index in [4.69, 9.17) is 14.6 Å². The van der Waals surface area contributed by atoms with Crippen LogP contribution >= 0.6 is 0 Å².